The number of rotatable bonds is 2. The molecule has 2 aromatic rings. The molecule has 0 saturated carbocycles. The second-order valence-corrected chi connectivity index (χ2v) is 5.99. The molecule has 1 heterocycles. The summed E-state index contributed by atoms with van der Waals surface area (Å²) in [6.07, 6.45) is 5.62. The van der Waals surface area contributed by atoms with Crippen molar-refractivity contribution in [1.29, 1.82) is 0 Å². The van der Waals surface area contributed by atoms with E-state index in [1.165, 1.54) is 11.3 Å². The normalized spacial score (nSPS) is 25.2. The number of fused-ring (bicyclic) bond motifs is 3. The van der Waals surface area contributed by atoms with E-state index in [1.807, 2.05) is 12.1 Å². The van der Waals surface area contributed by atoms with Crippen LogP contribution in [-0.4, -0.2) is 11.1 Å². The molecular formula is C19H17NO2. The number of hydrogen-bond donors (Lipinski definition) is 2. The molecule has 1 aliphatic heterocycles. The zero-order chi connectivity index (χ0) is 15.1. The molecule has 0 radical (unpaired) electrons. The molecule has 0 saturated heterocycles. The third-order valence-electron chi connectivity index (χ3n) is 4.79. The van der Waals surface area contributed by atoms with Crippen molar-refractivity contribution in [3.05, 3.63) is 77.4 Å². The smallest absolute Gasteiger partial charge is 0.335 e. The van der Waals surface area contributed by atoms with Crippen molar-refractivity contribution in [3.63, 3.8) is 0 Å². The first kappa shape index (κ1) is 13.1. The summed E-state index contributed by atoms with van der Waals surface area (Å²) in [4.78, 5) is 11.0. The van der Waals surface area contributed by atoms with Crippen LogP contribution in [0.1, 0.15) is 39.9 Å². The summed E-state index contributed by atoms with van der Waals surface area (Å²) in [5, 5.41) is 12.7. The average molecular weight is 291 g/mol. The van der Waals surface area contributed by atoms with Crippen LogP contribution in [-0.2, 0) is 0 Å². The van der Waals surface area contributed by atoms with Crippen molar-refractivity contribution in [1.82, 2.24) is 0 Å². The molecule has 3 nitrogen and oxygen atoms in total. The molecule has 110 valence electrons. The highest BCUT2D eigenvalue weighted by Crippen LogP contribution is 2.49. The summed E-state index contributed by atoms with van der Waals surface area (Å²) in [5.74, 6) is 0.0566. The van der Waals surface area contributed by atoms with Gasteiger partial charge in [-0.2, -0.15) is 0 Å². The third-order valence-corrected chi connectivity index (χ3v) is 4.79. The van der Waals surface area contributed by atoms with Gasteiger partial charge in [-0.05, 0) is 41.7 Å². The van der Waals surface area contributed by atoms with Crippen molar-refractivity contribution in [2.24, 2.45) is 5.92 Å². The quantitative estimate of drug-likeness (QED) is 0.815. The lowest BCUT2D eigenvalue weighted by Crippen LogP contribution is -2.28. The molecule has 3 heteroatoms. The summed E-state index contributed by atoms with van der Waals surface area (Å²) < 4.78 is 0. The predicted molar refractivity (Wildman–Crippen MR) is 86.2 cm³/mol. The van der Waals surface area contributed by atoms with E-state index in [2.05, 4.69) is 41.7 Å². The number of anilines is 1. The average Bonchev–Trinajstić information content (AvgIpc) is 3.04. The number of hydrogen-bond acceptors (Lipinski definition) is 2. The molecule has 0 unspecified atom stereocenters. The number of nitrogens with one attached hydrogen (secondary N) is 1. The number of para-hydroxylation sites is 1. The van der Waals surface area contributed by atoms with Crippen LogP contribution in [0.3, 0.4) is 0 Å². The van der Waals surface area contributed by atoms with Gasteiger partial charge in [0.25, 0.3) is 0 Å². The van der Waals surface area contributed by atoms with Crippen LogP contribution >= 0.6 is 0 Å². The zero-order valence-electron chi connectivity index (χ0n) is 12.1. The van der Waals surface area contributed by atoms with Gasteiger partial charge >= 0.3 is 5.97 Å². The largest absolute Gasteiger partial charge is 0.478 e. The van der Waals surface area contributed by atoms with Gasteiger partial charge in [0.2, 0.25) is 0 Å². The van der Waals surface area contributed by atoms with E-state index in [9.17, 15) is 4.79 Å². The van der Waals surface area contributed by atoms with E-state index in [4.69, 9.17) is 5.11 Å². The fourth-order valence-electron chi connectivity index (χ4n) is 3.71. The van der Waals surface area contributed by atoms with Gasteiger partial charge in [-0.25, -0.2) is 4.79 Å². The van der Waals surface area contributed by atoms with E-state index >= 15 is 0 Å². The molecule has 22 heavy (non-hydrogen) atoms. The summed E-state index contributed by atoms with van der Waals surface area (Å²) in [5.41, 5.74) is 4.03. The van der Waals surface area contributed by atoms with Gasteiger partial charge in [-0.1, -0.05) is 42.5 Å². The molecule has 2 N–H and O–H groups in total. The van der Waals surface area contributed by atoms with E-state index < -0.39 is 5.97 Å². The minimum absolute atomic E-state index is 0.220. The Labute approximate surface area is 129 Å². The van der Waals surface area contributed by atoms with E-state index in [1.54, 1.807) is 12.1 Å². The molecule has 0 amide bonds. The Morgan fingerprint density at radius 2 is 1.86 bits per heavy atom. The molecule has 3 atom stereocenters. The van der Waals surface area contributed by atoms with Crippen LogP contribution < -0.4 is 5.32 Å². The van der Waals surface area contributed by atoms with Crippen molar-refractivity contribution in [3.8, 4) is 0 Å². The van der Waals surface area contributed by atoms with Gasteiger partial charge < -0.3 is 10.4 Å². The lowest BCUT2D eigenvalue weighted by molar-refractivity contribution is 0.0697. The van der Waals surface area contributed by atoms with Crippen LogP contribution in [0.2, 0.25) is 0 Å². The summed E-state index contributed by atoms with van der Waals surface area (Å²) in [6.45, 7) is 0. The van der Waals surface area contributed by atoms with Crippen LogP contribution in [0.15, 0.2) is 60.7 Å². The summed E-state index contributed by atoms with van der Waals surface area (Å²) in [6, 6.07) is 15.9. The predicted octanol–water partition coefficient (Wildman–Crippen LogP) is 4.21. The maximum absolute atomic E-state index is 11.0. The maximum atomic E-state index is 11.0. The van der Waals surface area contributed by atoms with Gasteiger partial charge in [0.15, 0.2) is 0 Å². The van der Waals surface area contributed by atoms with Gasteiger partial charge in [0, 0.05) is 11.6 Å². The van der Waals surface area contributed by atoms with Crippen LogP contribution in [0, 0.1) is 5.92 Å². The highest BCUT2D eigenvalue weighted by Gasteiger charge is 2.37. The first-order valence-electron chi connectivity index (χ1n) is 7.59. The Kier molecular flexibility index (Phi) is 3.00. The highest BCUT2D eigenvalue weighted by atomic mass is 16.4. The van der Waals surface area contributed by atoms with Crippen LogP contribution in [0.25, 0.3) is 0 Å². The number of allylic oxidation sites excluding steroid dienone is 2. The Balaban J connectivity index is 1.72. The third kappa shape index (κ3) is 2.01. The maximum Gasteiger partial charge on any atom is 0.335 e. The molecule has 2 aromatic carbocycles. The van der Waals surface area contributed by atoms with Crippen LogP contribution in [0.5, 0.6) is 0 Å². The fraction of sp³-hybridized carbons (Fsp3) is 0.211. The summed E-state index contributed by atoms with van der Waals surface area (Å²) in [7, 11) is 0. The lowest BCUT2D eigenvalue weighted by atomic mass is 9.77. The second kappa shape index (κ2) is 5.02. The molecule has 0 bridgehead atoms. The molecule has 1 aliphatic carbocycles. The number of carboxylic acid groups (broad SMARTS) is 1. The van der Waals surface area contributed by atoms with Crippen molar-refractivity contribution in [2.45, 2.75) is 18.4 Å². The number of aromatic carboxylic acids is 1. The molecule has 0 aromatic heterocycles. The second-order valence-electron chi connectivity index (χ2n) is 5.99. The molecule has 4 rings (SSSR count). The first-order valence-corrected chi connectivity index (χ1v) is 7.59. The monoisotopic (exact) mass is 291 g/mol. The zero-order valence-corrected chi connectivity index (χ0v) is 12.1. The molecule has 2 aliphatic rings. The SMILES string of the molecule is O=C(O)c1ccc([C@@H]2Nc3ccccc3[C@H]3C=CC[C@@H]32)cc1. The number of carbonyl (C=O) groups is 1. The molecule has 0 fully saturated rings. The van der Waals surface area contributed by atoms with Gasteiger partial charge in [0.05, 0.1) is 11.6 Å². The van der Waals surface area contributed by atoms with Gasteiger partial charge in [-0.3, -0.25) is 0 Å². The van der Waals surface area contributed by atoms with Crippen molar-refractivity contribution in [2.75, 3.05) is 5.32 Å². The van der Waals surface area contributed by atoms with E-state index in [-0.39, 0.29) is 6.04 Å². The topological polar surface area (TPSA) is 49.3 Å². The van der Waals surface area contributed by atoms with Gasteiger partial charge in [-0.15, -0.1) is 0 Å². The lowest BCUT2D eigenvalue weighted by Gasteiger charge is -2.37. The summed E-state index contributed by atoms with van der Waals surface area (Å²) >= 11 is 0. The Bertz CT molecular complexity index is 748. The van der Waals surface area contributed by atoms with Gasteiger partial charge in [0.1, 0.15) is 0 Å². The van der Waals surface area contributed by atoms with Crippen molar-refractivity contribution >= 4 is 11.7 Å². The first-order chi connectivity index (χ1) is 10.7. The minimum Gasteiger partial charge on any atom is -0.478 e. The molecule has 0 spiro atoms. The Morgan fingerprint density at radius 3 is 2.64 bits per heavy atom. The number of benzene rings is 2. The standard InChI is InChI=1S/C19H17NO2/c21-19(22)13-10-8-12(9-11-13)18-16-6-3-5-14(16)15-4-1-2-7-17(15)20-18/h1-5,7-11,14,16,18,20H,6H2,(H,21,22)/t14-,16+,18+/m1/s1. The minimum atomic E-state index is -0.881. The van der Waals surface area contributed by atoms with E-state index in [0.29, 0.717) is 17.4 Å². The molecular weight excluding hydrogens is 274 g/mol. The van der Waals surface area contributed by atoms with Crippen molar-refractivity contribution < 1.29 is 9.90 Å². The Hall–Kier alpha value is -2.55. The Morgan fingerprint density at radius 1 is 1.09 bits per heavy atom. The van der Waals surface area contributed by atoms with Crippen LogP contribution in [0.4, 0.5) is 5.69 Å². The number of carboxylic acids is 1. The highest BCUT2D eigenvalue weighted by molar-refractivity contribution is 5.87. The van der Waals surface area contributed by atoms with E-state index in [0.717, 1.165) is 12.0 Å². The fourth-order valence-corrected chi connectivity index (χ4v) is 3.71.